The first-order chi connectivity index (χ1) is 11.6. The summed E-state index contributed by atoms with van der Waals surface area (Å²) in [6.07, 6.45) is 3.05. The minimum Gasteiger partial charge on any atom is -0.396 e. The van der Waals surface area contributed by atoms with Gasteiger partial charge in [-0.05, 0) is 44.2 Å². The summed E-state index contributed by atoms with van der Waals surface area (Å²) in [7, 11) is 0. The van der Waals surface area contributed by atoms with E-state index in [1.807, 2.05) is 36.1 Å². The van der Waals surface area contributed by atoms with E-state index in [-0.39, 0.29) is 30.5 Å². The van der Waals surface area contributed by atoms with Gasteiger partial charge in [-0.15, -0.1) is 0 Å². The number of para-hydroxylation sites is 2. The van der Waals surface area contributed by atoms with Crippen LogP contribution in [0.2, 0.25) is 0 Å². The number of likely N-dealkylation sites (tertiary alicyclic amines) is 1. The van der Waals surface area contributed by atoms with E-state index in [1.54, 1.807) is 4.90 Å². The van der Waals surface area contributed by atoms with Crippen LogP contribution < -0.4 is 10.2 Å². The predicted octanol–water partition coefficient (Wildman–Crippen LogP) is 2.44. The summed E-state index contributed by atoms with van der Waals surface area (Å²) in [5.41, 5.74) is 1.44. The summed E-state index contributed by atoms with van der Waals surface area (Å²) < 4.78 is 0. The number of nitrogens with one attached hydrogen (secondary N) is 1. The number of anilines is 2. The fraction of sp³-hybridized carbons (Fsp3) is 0.556. The van der Waals surface area contributed by atoms with Crippen molar-refractivity contribution in [2.24, 2.45) is 5.92 Å². The van der Waals surface area contributed by atoms with E-state index in [1.165, 1.54) is 0 Å². The summed E-state index contributed by atoms with van der Waals surface area (Å²) in [5, 5.41) is 12.3. The minimum absolute atomic E-state index is 0.0940. The van der Waals surface area contributed by atoms with Crippen molar-refractivity contribution in [3.8, 4) is 0 Å². The first-order valence-electron chi connectivity index (χ1n) is 8.68. The van der Waals surface area contributed by atoms with Gasteiger partial charge in [-0.3, -0.25) is 4.79 Å². The van der Waals surface area contributed by atoms with Crippen LogP contribution in [0.25, 0.3) is 0 Å². The Morgan fingerprint density at radius 2 is 2.12 bits per heavy atom. The molecule has 0 aromatic heterocycles. The topological polar surface area (TPSA) is 72.9 Å². The van der Waals surface area contributed by atoms with Crippen LogP contribution in [-0.2, 0) is 4.79 Å². The lowest BCUT2D eigenvalue weighted by molar-refractivity contribution is -0.117. The normalized spacial score (nSPS) is 24.3. The molecule has 2 heterocycles. The van der Waals surface area contributed by atoms with E-state index >= 15 is 0 Å². The van der Waals surface area contributed by atoms with Crippen molar-refractivity contribution in [3.05, 3.63) is 24.3 Å². The van der Waals surface area contributed by atoms with Crippen LogP contribution >= 0.6 is 0 Å². The lowest BCUT2D eigenvalue weighted by Crippen LogP contribution is -2.47. The Kier molecular flexibility index (Phi) is 5.04. The molecule has 6 nitrogen and oxygen atoms in total. The van der Waals surface area contributed by atoms with Gasteiger partial charge in [0.1, 0.15) is 0 Å². The molecule has 2 N–H and O–H groups in total. The highest BCUT2D eigenvalue weighted by molar-refractivity contribution is 6.01. The molecule has 0 unspecified atom stereocenters. The molecule has 1 aromatic rings. The van der Waals surface area contributed by atoms with Gasteiger partial charge in [-0.1, -0.05) is 12.1 Å². The van der Waals surface area contributed by atoms with Crippen molar-refractivity contribution >= 4 is 23.3 Å². The molecule has 0 aliphatic carbocycles. The number of nitrogens with zero attached hydrogens (tertiary/aromatic N) is 2. The smallest absolute Gasteiger partial charge is 0.322 e. The molecule has 2 aliphatic heterocycles. The highest BCUT2D eigenvalue weighted by atomic mass is 16.3. The Hall–Kier alpha value is -2.08. The molecule has 6 heteroatoms. The Balaban J connectivity index is 1.72. The number of benzene rings is 1. The van der Waals surface area contributed by atoms with Crippen molar-refractivity contribution in [1.29, 1.82) is 0 Å². The van der Waals surface area contributed by atoms with Crippen LogP contribution in [0, 0.1) is 5.92 Å². The number of carbonyl (C=O) groups is 2. The Bertz CT molecular complexity index is 619. The second kappa shape index (κ2) is 7.21. The Morgan fingerprint density at radius 1 is 1.33 bits per heavy atom. The molecule has 0 saturated carbocycles. The van der Waals surface area contributed by atoms with Crippen molar-refractivity contribution in [2.45, 2.75) is 38.6 Å². The maximum atomic E-state index is 12.7. The zero-order chi connectivity index (χ0) is 17.1. The Morgan fingerprint density at radius 3 is 2.79 bits per heavy atom. The van der Waals surface area contributed by atoms with Crippen LogP contribution in [0.15, 0.2) is 24.3 Å². The third-order valence-corrected chi connectivity index (χ3v) is 5.01. The highest BCUT2D eigenvalue weighted by Crippen LogP contribution is 2.30. The van der Waals surface area contributed by atoms with Gasteiger partial charge in [-0.2, -0.15) is 0 Å². The molecule has 130 valence electrons. The molecule has 3 rings (SSSR count). The van der Waals surface area contributed by atoms with Gasteiger partial charge >= 0.3 is 6.03 Å². The van der Waals surface area contributed by atoms with Crippen molar-refractivity contribution < 1.29 is 14.7 Å². The van der Waals surface area contributed by atoms with Crippen molar-refractivity contribution in [3.63, 3.8) is 0 Å². The monoisotopic (exact) mass is 331 g/mol. The average Bonchev–Trinajstić information content (AvgIpc) is 3.01. The predicted molar refractivity (Wildman–Crippen MR) is 93.0 cm³/mol. The summed E-state index contributed by atoms with van der Waals surface area (Å²) in [6.45, 7) is 3.53. The average molecular weight is 331 g/mol. The van der Waals surface area contributed by atoms with E-state index in [0.29, 0.717) is 25.2 Å². The number of amides is 3. The van der Waals surface area contributed by atoms with Gasteiger partial charge in [-0.25, -0.2) is 4.79 Å². The van der Waals surface area contributed by atoms with Gasteiger partial charge < -0.3 is 20.2 Å². The molecule has 2 aliphatic rings. The minimum atomic E-state index is -0.141. The summed E-state index contributed by atoms with van der Waals surface area (Å²) in [4.78, 5) is 28.2. The lowest BCUT2D eigenvalue weighted by atomic mass is 9.92. The first kappa shape index (κ1) is 16.8. The third-order valence-electron chi connectivity index (χ3n) is 5.01. The molecule has 3 amide bonds. The molecule has 24 heavy (non-hydrogen) atoms. The zero-order valence-electron chi connectivity index (χ0n) is 14.1. The fourth-order valence-corrected chi connectivity index (χ4v) is 3.64. The largest absolute Gasteiger partial charge is 0.396 e. The number of aliphatic hydroxyl groups is 1. The van der Waals surface area contributed by atoms with Crippen LogP contribution in [-0.4, -0.2) is 47.7 Å². The van der Waals surface area contributed by atoms with Gasteiger partial charge in [0.05, 0.1) is 11.4 Å². The number of hydrogen-bond acceptors (Lipinski definition) is 3. The molecule has 0 spiro atoms. The second-order valence-electron chi connectivity index (χ2n) is 6.71. The van der Waals surface area contributed by atoms with Gasteiger partial charge in [0, 0.05) is 32.2 Å². The molecule has 2 atom stereocenters. The van der Waals surface area contributed by atoms with Crippen molar-refractivity contribution in [2.75, 3.05) is 29.9 Å². The second-order valence-corrected chi connectivity index (χ2v) is 6.71. The molecule has 2 fully saturated rings. The SMILES string of the molecule is C[C@@H]1C[C@H](CO)CCN1C(=O)Nc1ccccc1N1CCCC1=O. The third kappa shape index (κ3) is 3.38. The van der Waals surface area contributed by atoms with Crippen LogP contribution in [0.1, 0.15) is 32.6 Å². The number of rotatable bonds is 3. The first-order valence-corrected chi connectivity index (χ1v) is 8.68. The van der Waals surface area contributed by atoms with Crippen molar-refractivity contribution in [1.82, 2.24) is 4.90 Å². The van der Waals surface area contributed by atoms with Crippen LogP contribution in [0.3, 0.4) is 0 Å². The standard InChI is InChI=1S/C18H25N3O3/c1-13-11-14(12-22)8-10-20(13)18(24)19-15-5-2-3-6-16(15)21-9-4-7-17(21)23/h2-3,5-6,13-14,22H,4,7-12H2,1H3,(H,19,24)/t13-,14-/m1/s1. The maximum absolute atomic E-state index is 12.7. The number of piperidine rings is 1. The summed E-state index contributed by atoms with van der Waals surface area (Å²) in [5.74, 6) is 0.382. The van der Waals surface area contributed by atoms with Crippen LogP contribution in [0.4, 0.5) is 16.2 Å². The number of hydrogen-bond donors (Lipinski definition) is 2. The van der Waals surface area contributed by atoms with E-state index < -0.39 is 0 Å². The fourth-order valence-electron chi connectivity index (χ4n) is 3.64. The number of urea groups is 1. The lowest BCUT2D eigenvalue weighted by Gasteiger charge is -2.37. The van der Waals surface area contributed by atoms with E-state index in [9.17, 15) is 14.7 Å². The summed E-state index contributed by atoms with van der Waals surface area (Å²) >= 11 is 0. The van der Waals surface area contributed by atoms with Gasteiger partial charge in [0.25, 0.3) is 0 Å². The Labute approximate surface area is 142 Å². The maximum Gasteiger partial charge on any atom is 0.322 e. The highest BCUT2D eigenvalue weighted by Gasteiger charge is 2.29. The quantitative estimate of drug-likeness (QED) is 0.893. The van der Waals surface area contributed by atoms with Crippen LogP contribution in [0.5, 0.6) is 0 Å². The molecule has 0 bridgehead atoms. The molecular weight excluding hydrogens is 306 g/mol. The molecule has 2 saturated heterocycles. The molecule has 0 radical (unpaired) electrons. The molecular formula is C18H25N3O3. The van der Waals surface area contributed by atoms with E-state index in [0.717, 1.165) is 24.9 Å². The molecule has 1 aromatic carbocycles. The van der Waals surface area contributed by atoms with E-state index in [4.69, 9.17) is 0 Å². The van der Waals surface area contributed by atoms with Gasteiger partial charge in [0.2, 0.25) is 5.91 Å². The summed E-state index contributed by atoms with van der Waals surface area (Å²) in [6, 6.07) is 7.41. The zero-order valence-corrected chi connectivity index (χ0v) is 14.1. The number of aliphatic hydroxyl groups excluding tert-OH is 1. The number of carbonyl (C=O) groups excluding carboxylic acids is 2. The van der Waals surface area contributed by atoms with E-state index in [2.05, 4.69) is 5.32 Å². The van der Waals surface area contributed by atoms with Gasteiger partial charge in [0.15, 0.2) is 0 Å².